The quantitative estimate of drug-likeness (QED) is 0.861. The summed E-state index contributed by atoms with van der Waals surface area (Å²) in [5.41, 5.74) is 0.913. The molecule has 140 valence electrons. The number of hydrogen-bond acceptors (Lipinski definition) is 4. The van der Waals surface area contributed by atoms with Gasteiger partial charge >= 0.3 is 0 Å². The zero-order valence-corrected chi connectivity index (χ0v) is 15.6. The van der Waals surface area contributed by atoms with Crippen LogP contribution in [0, 0.1) is 5.41 Å². The number of phenols is 1. The van der Waals surface area contributed by atoms with Crippen LogP contribution < -0.4 is 0 Å². The summed E-state index contributed by atoms with van der Waals surface area (Å²) >= 11 is 0. The summed E-state index contributed by atoms with van der Waals surface area (Å²) in [6.45, 7) is 5.53. The van der Waals surface area contributed by atoms with E-state index in [4.69, 9.17) is 0 Å². The Hall–Kier alpha value is -3.08. The van der Waals surface area contributed by atoms with Crippen molar-refractivity contribution in [2.45, 2.75) is 33.4 Å². The predicted molar refractivity (Wildman–Crippen MR) is 102 cm³/mol. The normalized spacial score (nSPS) is 17.5. The molecule has 2 aromatic carbocycles. The lowest BCUT2D eigenvalue weighted by molar-refractivity contribution is -0.130. The number of aliphatic hydroxyl groups is 1. The molecule has 0 aliphatic carbocycles. The first-order valence-electron chi connectivity index (χ1n) is 8.82. The van der Waals surface area contributed by atoms with E-state index < -0.39 is 23.1 Å². The van der Waals surface area contributed by atoms with Crippen LogP contribution in [0.15, 0.2) is 65.9 Å². The number of phenolic OH excluding ortho intramolecular Hbond substituents is 1. The van der Waals surface area contributed by atoms with E-state index in [-0.39, 0.29) is 23.7 Å². The van der Waals surface area contributed by atoms with Crippen molar-refractivity contribution in [3.05, 3.63) is 77.1 Å². The molecule has 1 unspecified atom stereocenters. The molecular weight excluding hydrogens is 342 g/mol. The van der Waals surface area contributed by atoms with Crippen LogP contribution in [0.1, 0.15) is 37.9 Å². The lowest BCUT2D eigenvalue weighted by atomic mass is 9.82. The molecule has 0 bridgehead atoms. The van der Waals surface area contributed by atoms with Gasteiger partial charge in [0, 0.05) is 12.0 Å². The number of hydrogen-bond donors (Lipinski definition) is 2. The minimum absolute atomic E-state index is 0.0922. The Labute approximate surface area is 158 Å². The molecule has 1 atom stereocenters. The molecular formula is C22H23NO4. The molecule has 0 saturated carbocycles. The zero-order chi connectivity index (χ0) is 19.8. The fraction of sp³-hybridized carbons (Fsp3) is 0.273. The van der Waals surface area contributed by atoms with Crippen LogP contribution in [0.5, 0.6) is 5.75 Å². The summed E-state index contributed by atoms with van der Waals surface area (Å²) < 4.78 is 0. The Balaban J connectivity index is 2.09. The van der Waals surface area contributed by atoms with E-state index in [1.54, 1.807) is 32.9 Å². The molecule has 2 N–H and O–H groups in total. The Kier molecular flexibility index (Phi) is 4.79. The summed E-state index contributed by atoms with van der Waals surface area (Å²) in [5, 5.41) is 20.1. The fourth-order valence-electron chi connectivity index (χ4n) is 3.24. The van der Waals surface area contributed by atoms with Crippen LogP contribution in [0.4, 0.5) is 0 Å². The number of benzene rings is 2. The van der Waals surface area contributed by atoms with Crippen LogP contribution in [0.3, 0.4) is 0 Å². The molecule has 0 aromatic heterocycles. The highest BCUT2D eigenvalue weighted by atomic mass is 16.3. The number of ketones is 1. The molecule has 0 radical (unpaired) electrons. The summed E-state index contributed by atoms with van der Waals surface area (Å²) in [6.07, 6.45) is 0. The van der Waals surface area contributed by atoms with Gasteiger partial charge in [-0.25, -0.2) is 0 Å². The summed E-state index contributed by atoms with van der Waals surface area (Å²) in [4.78, 5) is 27.3. The fourth-order valence-corrected chi connectivity index (χ4v) is 3.24. The van der Waals surface area contributed by atoms with E-state index in [1.807, 2.05) is 30.3 Å². The average Bonchev–Trinajstić information content (AvgIpc) is 2.87. The number of rotatable bonds is 4. The summed E-state index contributed by atoms with van der Waals surface area (Å²) in [6, 6.07) is 15.1. The highest BCUT2D eigenvalue weighted by Gasteiger charge is 2.45. The molecule has 1 heterocycles. The minimum atomic E-state index is -0.748. The van der Waals surface area contributed by atoms with Gasteiger partial charge in [0.25, 0.3) is 5.91 Å². The number of aliphatic hydroxyl groups excluding tert-OH is 1. The van der Waals surface area contributed by atoms with Crippen LogP contribution in [-0.2, 0) is 16.1 Å². The van der Waals surface area contributed by atoms with Gasteiger partial charge in [0.15, 0.2) is 11.5 Å². The molecule has 0 spiro atoms. The first-order valence-corrected chi connectivity index (χ1v) is 8.82. The first kappa shape index (κ1) is 18.7. The summed E-state index contributed by atoms with van der Waals surface area (Å²) in [7, 11) is 0. The van der Waals surface area contributed by atoms with Gasteiger partial charge in [-0.2, -0.15) is 0 Å². The van der Waals surface area contributed by atoms with Crippen molar-refractivity contribution in [3.63, 3.8) is 0 Å². The lowest BCUT2D eigenvalue weighted by Crippen LogP contribution is -2.32. The molecule has 2 aromatic rings. The molecule has 27 heavy (non-hydrogen) atoms. The van der Waals surface area contributed by atoms with Crippen LogP contribution >= 0.6 is 0 Å². The molecule has 5 heteroatoms. The highest BCUT2D eigenvalue weighted by Crippen LogP contribution is 2.41. The monoisotopic (exact) mass is 365 g/mol. The standard InChI is InChI=1S/C22H23NO4/c1-22(2,3)20(26)17-18(15-9-11-16(24)12-10-15)23(21(27)19(17)25)13-14-7-5-4-6-8-14/h4-12,18,24-25H,13H2,1-3H3. The van der Waals surface area contributed by atoms with Gasteiger partial charge in [0.2, 0.25) is 0 Å². The van der Waals surface area contributed by atoms with Gasteiger partial charge in [-0.1, -0.05) is 63.2 Å². The van der Waals surface area contributed by atoms with Crippen molar-refractivity contribution in [2.24, 2.45) is 5.41 Å². The van der Waals surface area contributed by atoms with E-state index in [0.29, 0.717) is 5.56 Å². The molecule has 5 nitrogen and oxygen atoms in total. The average molecular weight is 365 g/mol. The van der Waals surface area contributed by atoms with Gasteiger partial charge in [-0.15, -0.1) is 0 Å². The minimum Gasteiger partial charge on any atom is -0.508 e. The second-order valence-electron chi connectivity index (χ2n) is 7.75. The van der Waals surface area contributed by atoms with Gasteiger partial charge in [0.05, 0.1) is 11.6 Å². The van der Waals surface area contributed by atoms with Crippen LogP contribution in [0.25, 0.3) is 0 Å². The van der Waals surface area contributed by atoms with E-state index in [0.717, 1.165) is 5.56 Å². The number of Topliss-reactive ketones (excluding diaryl/α,β-unsaturated/α-hetero) is 1. The zero-order valence-electron chi connectivity index (χ0n) is 15.6. The molecule has 3 rings (SSSR count). The third kappa shape index (κ3) is 3.58. The number of carbonyl (C=O) groups excluding carboxylic acids is 2. The van der Waals surface area contributed by atoms with E-state index in [1.165, 1.54) is 17.0 Å². The number of aromatic hydroxyl groups is 1. The smallest absolute Gasteiger partial charge is 0.290 e. The second kappa shape index (κ2) is 6.91. The number of carbonyl (C=O) groups is 2. The third-order valence-corrected chi connectivity index (χ3v) is 4.63. The van der Waals surface area contributed by atoms with Gasteiger partial charge in [0.1, 0.15) is 5.75 Å². The third-order valence-electron chi connectivity index (χ3n) is 4.63. The van der Waals surface area contributed by atoms with Crippen molar-refractivity contribution in [1.29, 1.82) is 0 Å². The SMILES string of the molecule is CC(C)(C)C(=O)C1=C(O)C(=O)N(Cc2ccccc2)C1c1ccc(O)cc1. The first-order chi connectivity index (χ1) is 12.7. The molecule has 1 aliphatic rings. The lowest BCUT2D eigenvalue weighted by Gasteiger charge is -2.29. The largest absolute Gasteiger partial charge is 0.508 e. The van der Waals surface area contributed by atoms with Crippen molar-refractivity contribution in [1.82, 2.24) is 4.90 Å². The predicted octanol–water partition coefficient (Wildman–Crippen LogP) is 3.90. The van der Waals surface area contributed by atoms with Crippen LogP contribution in [-0.4, -0.2) is 26.8 Å². The number of amides is 1. The Bertz CT molecular complexity index is 892. The highest BCUT2D eigenvalue weighted by molar-refractivity contribution is 6.10. The van der Waals surface area contributed by atoms with E-state index >= 15 is 0 Å². The van der Waals surface area contributed by atoms with Crippen molar-refractivity contribution in [2.75, 3.05) is 0 Å². The topological polar surface area (TPSA) is 77.8 Å². The molecule has 1 aliphatic heterocycles. The number of nitrogens with zero attached hydrogens (tertiary/aromatic N) is 1. The Morgan fingerprint density at radius 3 is 2.15 bits per heavy atom. The van der Waals surface area contributed by atoms with Gasteiger partial charge in [-0.05, 0) is 23.3 Å². The Morgan fingerprint density at radius 1 is 1.00 bits per heavy atom. The maximum Gasteiger partial charge on any atom is 0.290 e. The van der Waals surface area contributed by atoms with Crippen molar-refractivity contribution >= 4 is 11.7 Å². The van der Waals surface area contributed by atoms with Crippen LogP contribution in [0.2, 0.25) is 0 Å². The van der Waals surface area contributed by atoms with E-state index in [2.05, 4.69) is 0 Å². The summed E-state index contributed by atoms with van der Waals surface area (Å²) in [5.74, 6) is -1.25. The maximum absolute atomic E-state index is 13.0. The molecule has 0 saturated heterocycles. The van der Waals surface area contributed by atoms with Gasteiger partial charge in [-0.3, -0.25) is 9.59 Å². The maximum atomic E-state index is 13.0. The molecule has 0 fully saturated rings. The van der Waals surface area contributed by atoms with Crippen molar-refractivity contribution < 1.29 is 19.8 Å². The van der Waals surface area contributed by atoms with Crippen molar-refractivity contribution in [3.8, 4) is 5.75 Å². The molecule has 1 amide bonds. The van der Waals surface area contributed by atoms with Gasteiger partial charge < -0.3 is 15.1 Å². The van der Waals surface area contributed by atoms with E-state index in [9.17, 15) is 19.8 Å². The Morgan fingerprint density at radius 2 is 1.59 bits per heavy atom. The second-order valence-corrected chi connectivity index (χ2v) is 7.75.